The molecule has 1 atom stereocenters. The van der Waals surface area contributed by atoms with Crippen LogP contribution in [0.5, 0.6) is 0 Å². The number of carbonyl (C=O) groups excluding carboxylic acids is 1. The van der Waals surface area contributed by atoms with Gasteiger partial charge < -0.3 is 10.6 Å². The quantitative estimate of drug-likeness (QED) is 0.866. The third-order valence-corrected chi connectivity index (χ3v) is 7.72. The molecule has 0 aromatic heterocycles. The number of nitrogens with two attached hydrogens (primary N) is 1. The Labute approximate surface area is 156 Å². The van der Waals surface area contributed by atoms with E-state index in [1.165, 1.54) is 4.31 Å². The van der Waals surface area contributed by atoms with E-state index in [1.807, 2.05) is 4.90 Å². The van der Waals surface area contributed by atoms with Crippen molar-refractivity contribution in [3.8, 4) is 0 Å². The molecule has 2 aliphatic rings. The molecule has 0 radical (unpaired) electrons. The Balaban J connectivity index is 1.61. The summed E-state index contributed by atoms with van der Waals surface area (Å²) in [5.74, 6) is 0.0593. The molecule has 144 valence electrons. The zero-order valence-corrected chi connectivity index (χ0v) is 16.4. The van der Waals surface area contributed by atoms with E-state index in [0.29, 0.717) is 43.9 Å². The first-order valence-electron chi connectivity index (χ1n) is 9.31. The van der Waals surface area contributed by atoms with Gasteiger partial charge in [-0.1, -0.05) is 32.0 Å². The van der Waals surface area contributed by atoms with Gasteiger partial charge in [0.25, 0.3) is 0 Å². The van der Waals surface area contributed by atoms with Crippen LogP contribution in [0, 0.1) is 11.3 Å². The molecule has 6 nitrogen and oxygen atoms in total. The van der Waals surface area contributed by atoms with Crippen LogP contribution in [-0.2, 0) is 14.8 Å². The van der Waals surface area contributed by atoms with E-state index in [0.717, 1.165) is 6.42 Å². The van der Waals surface area contributed by atoms with Crippen LogP contribution in [0.25, 0.3) is 0 Å². The number of carbonyl (C=O) groups is 1. The monoisotopic (exact) mass is 379 g/mol. The lowest BCUT2D eigenvalue weighted by atomic mass is 9.79. The lowest BCUT2D eigenvalue weighted by Crippen LogP contribution is -2.55. The van der Waals surface area contributed by atoms with E-state index in [-0.39, 0.29) is 23.3 Å². The summed E-state index contributed by atoms with van der Waals surface area (Å²) in [7, 11) is -3.47. The predicted octanol–water partition coefficient (Wildman–Crippen LogP) is 1.67. The number of hydrogen-bond acceptors (Lipinski definition) is 4. The molecular formula is C19H29N3O3S. The largest absolute Gasteiger partial charge is 0.342 e. The maximum absolute atomic E-state index is 12.9. The second-order valence-electron chi connectivity index (χ2n) is 8.13. The number of benzene rings is 1. The van der Waals surface area contributed by atoms with Gasteiger partial charge in [0, 0.05) is 38.1 Å². The molecule has 2 aliphatic heterocycles. The topological polar surface area (TPSA) is 83.7 Å². The Kier molecular flexibility index (Phi) is 5.42. The summed E-state index contributed by atoms with van der Waals surface area (Å²) < 4.78 is 26.9. The third kappa shape index (κ3) is 3.80. The van der Waals surface area contributed by atoms with E-state index >= 15 is 0 Å². The molecule has 0 bridgehead atoms. The SMILES string of the molecule is CC1(C)CN(C(=O)C2CCN(S(=O)(=O)c3ccccc3)CC2)CCC1N. The molecule has 26 heavy (non-hydrogen) atoms. The molecule has 0 saturated carbocycles. The Morgan fingerprint density at radius 3 is 2.27 bits per heavy atom. The first-order valence-corrected chi connectivity index (χ1v) is 10.8. The number of sulfonamides is 1. The van der Waals surface area contributed by atoms with E-state index in [4.69, 9.17) is 5.73 Å². The molecule has 3 rings (SSSR count). The third-order valence-electron chi connectivity index (χ3n) is 5.81. The first-order chi connectivity index (χ1) is 12.2. The molecule has 1 unspecified atom stereocenters. The first kappa shape index (κ1) is 19.3. The van der Waals surface area contributed by atoms with Gasteiger partial charge in [-0.05, 0) is 36.8 Å². The van der Waals surface area contributed by atoms with Crippen molar-refractivity contribution in [2.45, 2.75) is 44.0 Å². The van der Waals surface area contributed by atoms with Crippen molar-refractivity contribution in [1.29, 1.82) is 0 Å². The second kappa shape index (κ2) is 7.29. The summed E-state index contributed by atoms with van der Waals surface area (Å²) in [5, 5.41) is 0. The van der Waals surface area contributed by atoms with Crippen LogP contribution in [0.1, 0.15) is 33.1 Å². The van der Waals surface area contributed by atoms with Gasteiger partial charge in [0.1, 0.15) is 0 Å². The highest BCUT2D eigenvalue weighted by molar-refractivity contribution is 7.89. The van der Waals surface area contributed by atoms with Crippen molar-refractivity contribution in [3.63, 3.8) is 0 Å². The number of rotatable bonds is 3. The summed E-state index contributed by atoms with van der Waals surface area (Å²) in [6.07, 6.45) is 1.97. The Hall–Kier alpha value is -1.44. The number of hydrogen-bond donors (Lipinski definition) is 1. The van der Waals surface area contributed by atoms with Gasteiger partial charge >= 0.3 is 0 Å². The van der Waals surface area contributed by atoms with Crippen LogP contribution >= 0.6 is 0 Å². The van der Waals surface area contributed by atoms with Gasteiger partial charge in [0.05, 0.1) is 4.90 Å². The Morgan fingerprint density at radius 2 is 1.69 bits per heavy atom. The van der Waals surface area contributed by atoms with Crippen molar-refractivity contribution in [2.75, 3.05) is 26.2 Å². The highest BCUT2D eigenvalue weighted by Gasteiger charge is 2.39. The fourth-order valence-electron chi connectivity index (χ4n) is 3.90. The minimum Gasteiger partial charge on any atom is -0.342 e. The van der Waals surface area contributed by atoms with Crippen LogP contribution in [0.4, 0.5) is 0 Å². The zero-order chi connectivity index (χ0) is 18.9. The van der Waals surface area contributed by atoms with Crippen LogP contribution in [0.3, 0.4) is 0 Å². The van der Waals surface area contributed by atoms with E-state index in [9.17, 15) is 13.2 Å². The minimum absolute atomic E-state index is 0.0781. The van der Waals surface area contributed by atoms with Gasteiger partial charge in [0.2, 0.25) is 15.9 Å². The molecule has 2 fully saturated rings. The summed E-state index contributed by atoms with van der Waals surface area (Å²) in [6.45, 7) is 6.37. The molecule has 2 N–H and O–H groups in total. The standard InChI is InChI=1S/C19H29N3O3S/c1-19(2)14-21(11-10-17(19)20)18(23)15-8-12-22(13-9-15)26(24,25)16-6-4-3-5-7-16/h3-7,15,17H,8-14,20H2,1-2H3. The summed E-state index contributed by atoms with van der Waals surface area (Å²) in [5.41, 5.74) is 6.09. The summed E-state index contributed by atoms with van der Waals surface area (Å²) >= 11 is 0. The lowest BCUT2D eigenvalue weighted by molar-refractivity contribution is -0.140. The maximum atomic E-state index is 12.9. The van der Waals surface area contributed by atoms with Crippen LogP contribution < -0.4 is 5.73 Å². The maximum Gasteiger partial charge on any atom is 0.243 e. The molecule has 0 aliphatic carbocycles. The van der Waals surface area contributed by atoms with Crippen LogP contribution in [0.15, 0.2) is 35.2 Å². The minimum atomic E-state index is -3.47. The van der Waals surface area contributed by atoms with Crippen LogP contribution in [-0.4, -0.2) is 55.8 Å². The van der Waals surface area contributed by atoms with Crippen molar-refractivity contribution in [1.82, 2.24) is 9.21 Å². The van der Waals surface area contributed by atoms with Crippen molar-refractivity contribution >= 4 is 15.9 Å². The predicted molar refractivity (Wildman–Crippen MR) is 101 cm³/mol. The Morgan fingerprint density at radius 1 is 1.08 bits per heavy atom. The van der Waals surface area contributed by atoms with Gasteiger partial charge in [-0.2, -0.15) is 4.31 Å². The lowest BCUT2D eigenvalue weighted by Gasteiger charge is -2.44. The highest BCUT2D eigenvalue weighted by Crippen LogP contribution is 2.31. The second-order valence-corrected chi connectivity index (χ2v) is 10.1. The van der Waals surface area contributed by atoms with Crippen molar-refractivity contribution in [2.24, 2.45) is 17.1 Å². The fraction of sp³-hybridized carbons (Fsp3) is 0.632. The van der Waals surface area contributed by atoms with Gasteiger partial charge in [-0.3, -0.25) is 4.79 Å². The van der Waals surface area contributed by atoms with Gasteiger partial charge in [-0.25, -0.2) is 8.42 Å². The smallest absolute Gasteiger partial charge is 0.243 e. The molecule has 0 spiro atoms. The van der Waals surface area contributed by atoms with Gasteiger partial charge in [0.15, 0.2) is 0 Å². The highest BCUT2D eigenvalue weighted by atomic mass is 32.2. The fourth-order valence-corrected chi connectivity index (χ4v) is 5.40. The van der Waals surface area contributed by atoms with E-state index in [1.54, 1.807) is 30.3 Å². The number of nitrogens with zero attached hydrogens (tertiary/aromatic N) is 2. The molecule has 2 heterocycles. The number of likely N-dealkylation sites (tertiary alicyclic amines) is 1. The van der Waals surface area contributed by atoms with E-state index in [2.05, 4.69) is 13.8 Å². The summed E-state index contributed by atoms with van der Waals surface area (Å²) in [4.78, 5) is 15.1. The molecule has 2 saturated heterocycles. The molecule has 1 aromatic carbocycles. The zero-order valence-electron chi connectivity index (χ0n) is 15.6. The number of amides is 1. The van der Waals surface area contributed by atoms with Crippen molar-refractivity contribution in [3.05, 3.63) is 30.3 Å². The average Bonchev–Trinajstić information content (AvgIpc) is 2.64. The summed E-state index contributed by atoms with van der Waals surface area (Å²) in [6, 6.07) is 8.61. The van der Waals surface area contributed by atoms with Gasteiger partial charge in [-0.15, -0.1) is 0 Å². The van der Waals surface area contributed by atoms with Crippen molar-refractivity contribution < 1.29 is 13.2 Å². The molecule has 1 amide bonds. The molecule has 1 aromatic rings. The molecule has 7 heteroatoms. The van der Waals surface area contributed by atoms with Crippen LogP contribution in [0.2, 0.25) is 0 Å². The number of piperidine rings is 2. The average molecular weight is 380 g/mol. The van der Waals surface area contributed by atoms with E-state index < -0.39 is 10.0 Å². The molecular weight excluding hydrogens is 350 g/mol. The Bertz CT molecular complexity index is 741. The normalized spacial score (nSPS) is 25.2.